The molecule has 0 aliphatic carbocycles. The predicted molar refractivity (Wildman–Crippen MR) is 105 cm³/mol. The number of benzene rings is 1. The lowest BCUT2D eigenvalue weighted by Gasteiger charge is -2.18. The molecule has 1 aliphatic heterocycles. The summed E-state index contributed by atoms with van der Waals surface area (Å²) in [7, 11) is 1.39. The van der Waals surface area contributed by atoms with E-state index >= 15 is 0 Å². The van der Waals surface area contributed by atoms with Crippen molar-refractivity contribution in [3.05, 3.63) is 29.8 Å². The topological polar surface area (TPSA) is 50.8 Å². The zero-order valence-corrected chi connectivity index (χ0v) is 16.2. The molecule has 0 radical (unpaired) electrons. The Kier molecular flexibility index (Phi) is 10.1. The molecule has 1 heterocycles. The van der Waals surface area contributed by atoms with Gasteiger partial charge in [0.2, 0.25) is 0 Å². The summed E-state index contributed by atoms with van der Waals surface area (Å²) < 4.78 is 10.4. The summed E-state index contributed by atoms with van der Waals surface area (Å²) in [6.45, 7) is 6.77. The summed E-state index contributed by atoms with van der Waals surface area (Å²) in [5.41, 5.74) is 0.552. The summed E-state index contributed by atoms with van der Waals surface area (Å²) in [5.74, 6) is 0.494. The highest BCUT2D eigenvalue weighted by Crippen LogP contribution is 2.14. The fraction of sp³-hybridized carbons (Fsp3) is 0.667. The largest absolute Gasteiger partial charge is 0.494 e. The van der Waals surface area contributed by atoms with Crippen LogP contribution in [0.1, 0.15) is 55.3 Å². The van der Waals surface area contributed by atoms with E-state index in [1.165, 1.54) is 71.8 Å². The molecular formula is C21H34N2O3. The number of rotatable bonds is 11. The molecule has 0 bridgehead atoms. The average Bonchev–Trinajstić information content (AvgIpc) is 2.95. The molecule has 5 heteroatoms. The molecule has 0 atom stereocenters. The number of hydrogen-bond acceptors (Lipinski definition) is 5. The van der Waals surface area contributed by atoms with E-state index in [0.717, 1.165) is 25.3 Å². The van der Waals surface area contributed by atoms with Gasteiger partial charge < -0.3 is 19.7 Å². The second-order valence-corrected chi connectivity index (χ2v) is 6.93. The number of nitrogens with one attached hydrogen (secondary N) is 1. The molecule has 1 aromatic carbocycles. The Morgan fingerprint density at radius 3 is 2.50 bits per heavy atom. The Labute approximate surface area is 158 Å². The van der Waals surface area contributed by atoms with Crippen LogP contribution in [0.3, 0.4) is 0 Å². The van der Waals surface area contributed by atoms with Crippen molar-refractivity contribution in [3.8, 4) is 5.75 Å². The lowest BCUT2D eigenvalue weighted by molar-refractivity contribution is 0.0600. The predicted octanol–water partition coefficient (Wildman–Crippen LogP) is 3.49. The van der Waals surface area contributed by atoms with Gasteiger partial charge in [-0.3, -0.25) is 0 Å². The van der Waals surface area contributed by atoms with E-state index in [-0.39, 0.29) is 5.97 Å². The second kappa shape index (κ2) is 12.7. The van der Waals surface area contributed by atoms with Gasteiger partial charge >= 0.3 is 5.97 Å². The number of esters is 1. The van der Waals surface area contributed by atoms with Gasteiger partial charge in [-0.1, -0.05) is 25.7 Å². The van der Waals surface area contributed by atoms with Crippen LogP contribution in [0, 0.1) is 0 Å². The summed E-state index contributed by atoms with van der Waals surface area (Å²) in [5, 5.41) is 3.46. The van der Waals surface area contributed by atoms with Crippen molar-refractivity contribution in [2.45, 2.75) is 44.9 Å². The van der Waals surface area contributed by atoms with Crippen LogP contribution >= 0.6 is 0 Å². The van der Waals surface area contributed by atoms with Gasteiger partial charge in [-0.15, -0.1) is 0 Å². The van der Waals surface area contributed by atoms with Crippen molar-refractivity contribution in [2.24, 2.45) is 0 Å². The number of carbonyl (C=O) groups excluding carboxylic acids is 1. The average molecular weight is 363 g/mol. The monoisotopic (exact) mass is 362 g/mol. The lowest BCUT2D eigenvalue weighted by Crippen LogP contribution is -2.29. The van der Waals surface area contributed by atoms with Crippen LogP contribution in [0.2, 0.25) is 0 Å². The maximum atomic E-state index is 11.4. The number of carbonyl (C=O) groups is 1. The van der Waals surface area contributed by atoms with Gasteiger partial charge in [0, 0.05) is 13.1 Å². The third-order valence-corrected chi connectivity index (χ3v) is 4.85. The van der Waals surface area contributed by atoms with Crippen molar-refractivity contribution < 1.29 is 14.3 Å². The quantitative estimate of drug-likeness (QED) is 0.482. The molecular weight excluding hydrogens is 328 g/mol. The van der Waals surface area contributed by atoms with E-state index in [1.807, 2.05) is 12.1 Å². The van der Waals surface area contributed by atoms with Crippen LogP contribution < -0.4 is 10.1 Å². The summed E-state index contributed by atoms with van der Waals surface area (Å²) in [4.78, 5) is 14.0. The smallest absolute Gasteiger partial charge is 0.337 e. The van der Waals surface area contributed by atoms with E-state index in [0.29, 0.717) is 5.56 Å². The Morgan fingerprint density at radius 2 is 1.73 bits per heavy atom. The summed E-state index contributed by atoms with van der Waals surface area (Å²) in [6, 6.07) is 7.12. The van der Waals surface area contributed by atoms with Gasteiger partial charge in [0.15, 0.2) is 0 Å². The van der Waals surface area contributed by atoms with Gasteiger partial charge in [0.1, 0.15) is 5.75 Å². The van der Waals surface area contributed by atoms with Crippen LogP contribution in [0.5, 0.6) is 5.75 Å². The second-order valence-electron chi connectivity index (χ2n) is 6.93. The highest BCUT2D eigenvalue weighted by Gasteiger charge is 2.07. The standard InChI is InChI=1S/C21H34N2O3/c1-25-21(24)19-9-11-20(12-10-19)26-18-7-5-3-2-4-6-15-23-16-8-13-22-14-17-23/h9-12,22H,2-8,13-18H2,1H3. The van der Waals surface area contributed by atoms with Crippen molar-refractivity contribution in [1.82, 2.24) is 10.2 Å². The first-order valence-electron chi connectivity index (χ1n) is 10.0. The Balaban J connectivity index is 1.43. The van der Waals surface area contributed by atoms with Gasteiger partial charge in [0.25, 0.3) is 0 Å². The Bertz CT molecular complexity index is 496. The molecule has 1 fully saturated rings. The van der Waals surface area contributed by atoms with Crippen LogP contribution in [-0.2, 0) is 4.74 Å². The molecule has 1 aliphatic rings. The molecule has 5 nitrogen and oxygen atoms in total. The lowest BCUT2D eigenvalue weighted by atomic mass is 10.1. The van der Waals surface area contributed by atoms with Crippen LogP contribution in [0.4, 0.5) is 0 Å². The van der Waals surface area contributed by atoms with E-state index in [1.54, 1.807) is 12.1 Å². The number of nitrogens with zero attached hydrogens (tertiary/aromatic N) is 1. The molecule has 0 spiro atoms. The Morgan fingerprint density at radius 1 is 1.00 bits per heavy atom. The van der Waals surface area contributed by atoms with E-state index < -0.39 is 0 Å². The molecule has 0 saturated carbocycles. The highest BCUT2D eigenvalue weighted by molar-refractivity contribution is 5.89. The van der Waals surface area contributed by atoms with E-state index in [2.05, 4.69) is 15.0 Å². The van der Waals surface area contributed by atoms with Crippen molar-refractivity contribution >= 4 is 5.97 Å². The number of unbranched alkanes of at least 4 members (excludes halogenated alkanes) is 5. The maximum absolute atomic E-state index is 11.4. The molecule has 0 unspecified atom stereocenters. The van der Waals surface area contributed by atoms with Gasteiger partial charge in [0.05, 0.1) is 19.3 Å². The number of hydrogen-bond donors (Lipinski definition) is 1. The minimum absolute atomic E-state index is 0.316. The third-order valence-electron chi connectivity index (χ3n) is 4.85. The molecule has 1 N–H and O–H groups in total. The van der Waals surface area contributed by atoms with Gasteiger partial charge in [-0.05, 0) is 63.2 Å². The third kappa shape index (κ3) is 8.19. The number of ether oxygens (including phenoxy) is 2. The van der Waals surface area contributed by atoms with Crippen molar-refractivity contribution in [3.63, 3.8) is 0 Å². The molecule has 2 rings (SSSR count). The van der Waals surface area contributed by atoms with Crippen molar-refractivity contribution in [2.75, 3.05) is 46.4 Å². The molecule has 146 valence electrons. The SMILES string of the molecule is COC(=O)c1ccc(OCCCCCCCCN2CCCNCC2)cc1. The maximum Gasteiger partial charge on any atom is 0.337 e. The van der Waals surface area contributed by atoms with Crippen molar-refractivity contribution in [1.29, 1.82) is 0 Å². The minimum Gasteiger partial charge on any atom is -0.494 e. The summed E-state index contributed by atoms with van der Waals surface area (Å²) in [6.07, 6.45) is 8.84. The molecule has 1 aromatic rings. The fourth-order valence-electron chi connectivity index (χ4n) is 3.26. The number of methoxy groups -OCH3 is 1. The highest BCUT2D eigenvalue weighted by atomic mass is 16.5. The first kappa shape index (κ1) is 20.7. The van der Waals surface area contributed by atoms with E-state index in [9.17, 15) is 4.79 Å². The fourth-order valence-corrected chi connectivity index (χ4v) is 3.26. The summed E-state index contributed by atoms with van der Waals surface area (Å²) >= 11 is 0. The molecule has 26 heavy (non-hydrogen) atoms. The zero-order valence-electron chi connectivity index (χ0n) is 16.2. The van der Waals surface area contributed by atoms with Gasteiger partial charge in [-0.2, -0.15) is 0 Å². The first-order chi connectivity index (χ1) is 12.8. The normalized spacial score (nSPS) is 15.4. The van der Waals surface area contributed by atoms with Gasteiger partial charge in [-0.25, -0.2) is 4.79 Å². The molecule has 0 aromatic heterocycles. The molecule has 0 amide bonds. The van der Waals surface area contributed by atoms with E-state index in [4.69, 9.17) is 4.74 Å². The zero-order chi connectivity index (χ0) is 18.5. The first-order valence-corrected chi connectivity index (χ1v) is 10.0. The van der Waals surface area contributed by atoms with Crippen LogP contribution in [0.25, 0.3) is 0 Å². The minimum atomic E-state index is -0.316. The van der Waals surface area contributed by atoms with Crippen LogP contribution in [0.15, 0.2) is 24.3 Å². The van der Waals surface area contributed by atoms with Crippen LogP contribution in [-0.4, -0.2) is 57.3 Å². The Hall–Kier alpha value is -1.59. The molecule has 1 saturated heterocycles.